The highest BCUT2D eigenvalue weighted by Gasteiger charge is 2.19. The van der Waals surface area contributed by atoms with E-state index in [1.54, 1.807) is 12.1 Å². The lowest BCUT2D eigenvalue weighted by molar-refractivity contribution is -0.143. The predicted octanol–water partition coefficient (Wildman–Crippen LogP) is 3.08. The van der Waals surface area contributed by atoms with Crippen molar-refractivity contribution in [3.8, 4) is 0 Å². The summed E-state index contributed by atoms with van der Waals surface area (Å²) >= 11 is 0. The normalized spacial score (nSPS) is 13.6. The van der Waals surface area contributed by atoms with Crippen molar-refractivity contribution in [1.82, 2.24) is 0 Å². The van der Waals surface area contributed by atoms with Gasteiger partial charge in [0.1, 0.15) is 0 Å². The first-order valence-corrected chi connectivity index (χ1v) is 4.79. The number of benzene rings is 1. The average Bonchev–Trinajstić information content (AvgIpc) is 2.15. The second-order valence-electron chi connectivity index (χ2n) is 4.57. The van der Waals surface area contributed by atoms with Gasteiger partial charge in [0.25, 0.3) is 0 Å². The first-order valence-electron chi connectivity index (χ1n) is 4.79. The van der Waals surface area contributed by atoms with E-state index in [-0.39, 0.29) is 11.0 Å². The fraction of sp³-hybridized carbons (Fsp3) is 0.417. The van der Waals surface area contributed by atoms with Gasteiger partial charge in [-0.25, -0.2) is 9.18 Å². The number of carbonyl (C=O) groups is 1. The molecule has 2 nitrogen and oxygen atoms in total. The van der Waals surface area contributed by atoms with Crippen molar-refractivity contribution in [1.29, 1.82) is 0 Å². The molecule has 0 aromatic heterocycles. The van der Waals surface area contributed by atoms with Crippen LogP contribution in [-0.2, 0) is 10.2 Å². The van der Waals surface area contributed by atoms with Crippen LogP contribution in [0.3, 0.4) is 0 Å². The van der Waals surface area contributed by atoms with Crippen LogP contribution in [0.5, 0.6) is 0 Å². The molecule has 0 spiro atoms. The maximum atomic E-state index is 13.1. The molecule has 1 N–H and O–H groups in total. The molecule has 0 radical (unpaired) electrons. The number of carboxylic acids is 1. The zero-order chi connectivity index (χ0) is 11.6. The summed E-state index contributed by atoms with van der Waals surface area (Å²) in [5.74, 6) is -1.45. The number of hydrogen-bond acceptors (Lipinski definition) is 1. The topological polar surface area (TPSA) is 37.3 Å². The number of halogens is 1. The standard InChI is InChI=1S/C12H15FO2/c1-12(2,3)9-6-4-8(5-7-9)10(13)11(14)15/h4-7,10H,1-3H3,(H,14,15)/t10-/m0/s1. The summed E-state index contributed by atoms with van der Waals surface area (Å²) in [4.78, 5) is 10.4. The Balaban J connectivity index is 2.95. The zero-order valence-corrected chi connectivity index (χ0v) is 9.12. The van der Waals surface area contributed by atoms with E-state index in [2.05, 4.69) is 0 Å². The highest BCUT2D eigenvalue weighted by Crippen LogP contribution is 2.25. The second kappa shape index (κ2) is 4.01. The third-order valence-electron chi connectivity index (χ3n) is 2.29. The van der Waals surface area contributed by atoms with E-state index in [4.69, 9.17) is 5.11 Å². The summed E-state index contributed by atoms with van der Waals surface area (Å²) in [7, 11) is 0. The van der Waals surface area contributed by atoms with Crippen molar-refractivity contribution in [2.24, 2.45) is 0 Å². The van der Waals surface area contributed by atoms with Crippen LogP contribution in [0.25, 0.3) is 0 Å². The molecule has 1 aromatic carbocycles. The molecule has 0 unspecified atom stereocenters. The number of aliphatic carboxylic acids is 1. The van der Waals surface area contributed by atoms with Crippen molar-refractivity contribution in [2.45, 2.75) is 32.4 Å². The van der Waals surface area contributed by atoms with Gasteiger partial charge in [0.2, 0.25) is 6.17 Å². The smallest absolute Gasteiger partial charge is 0.343 e. The van der Waals surface area contributed by atoms with Gasteiger partial charge in [0.15, 0.2) is 0 Å². The van der Waals surface area contributed by atoms with Crippen LogP contribution in [0, 0.1) is 0 Å². The van der Waals surface area contributed by atoms with E-state index in [1.807, 2.05) is 20.8 Å². The van der Waals surface area contributed by atoms with Crippen LogP contribution < -0.4 is 0 Å². The molecule has 0 bridgehead atoms. The van der Waals surface area contributed by atoms with E-state index in [1.165, 1.54) is 12.1 Å². The molecule has 1 atom stereocenters. The lowest BCUT2D eigenvalue weighted by Gasteiger charge is -2.19. The fourth-order valence-electron chi connectivity index (χ4n) is 1.29. The molecule has 0 fully saturated rings. The van der Waals surface area contributed by atoms with E-state index in [0.717, 1.165) is 5.56 Å². The second-order valence-corrected chi connectivity index (χ2v) is 4.57. The van der Waals surface area contributed by atoms with E-state index in [9.17, 15) is 9.18 Å². The molecule has 0 aliphatic carbocycles. The van der Waals surface area contributed by atoms with Crippen molar-refractivity contribution >= 4 is 5.97 Å². The third-order valence-corrected chi connectivity index (χ3v) is 2.29. The van der Waals surface area contributed by atoms with Crippen molar-refractivity contribution in [3.05, 3.63) is 35.4 Å². The SMILES string of the molecule is CC(C)(C)c1ccc([C@H](F)C(=O)O)cc1. The van der Waals surface area contributed by atoms with Crippen LogP contribution in [0.1, 0.15) is 38.1 Å². The monoisotopic (exact) mass is 210 g/mol. The van der Waals surface area contributed by atoms with Crippen LogP contribution in [0.15, 0.2) is 24.3 Å². The van der Waals surface area contributed by atoms with Gasteiger partial charge in [-0.1, -0.05) is 45.0 Å². The van der Waals surface area contributed by atoms with Gasteiger partial charge < -0.3 is 5.11 Å². The molecule has 0 aliphatic rings. The number of hydrogen-bond donors (Lipinski definition) is 1. The summed E-state index contributed by atoms with van der Waals surface area (Å²) in [6, 6.07) is 6.59. The fourth-order valence-corrected chi connectivity index (χ4v) is 1.29. The van der Waals surface area contributed by atoms with Gasteiger partial charge in [-0.05, 0) is 16.5 Å². The Morgan fingerprint density at radius 3 is 2.07 bits per heavy atom. The van der Waals surface area contributed by atoms with Gasteiger partial charge in [-0.3, -0.25) is 0 Å². The quantitative estimate of drug-likeness (QED) is 0.814. The third kappa shape index (κ3) is 2.78. The van der Waals surface area contributed by atoms with Crippen LogP contribution in [-0.4, -0.2) is 11.1 Å². The van der Waals surface area contributed by atoms with Crippen molar-refractivity contribution in [3.63, 3.8) is 0 Å². The van der Waals surface area contributed by atoms with Crippen molar-refractivity contribution < 1.29 is 14.3 Å². The number of rotatable bonds is 2. The summed E-state index contributed by atoms with van der Waals surface area (Å²) in [6.45, 7) is 6.14. The van der Waals surface area contributed by atoms with E-state index < -0.39 is 12.1 Å². The Kier molecular flexibility index (Phi) is 3.12. The predicted molar refractivity (Wildman–Crippen MR) is 56.6 cm³/mol. The molecule has 15 heavy (non-hydrogen) atoms. The molecule has 0 saturated carbocycles. The molecule has 0 heterocycles. The molecule has 0 saturated heterocycles. The minimum absolute atomic E-state index is 0.00639. The van der Waals surface area contributed by atoms with E-state index in [0.29, 0.717) is 0 Å². The molecule has 1 rings (SSSR count). The molecular weight excluding hydrogens is 195 g/mol. The van der Waals surface area contributed by atoms with Gasteiger partial charge in [0.05, 0.1) is 0 Å². The van der Waals surface area contributed by atoms with Crippen LogP contribution in [0.2, 0.25) is 0 Å². The lowest BCUT2D eigenvalue weighted by Crippen LogP contribution is -2.11. The summed E-state index contributed by atoms with van der Waals surface area (Å²) in [5.41, 5.74) is 1.24. The Labute approximate surface area is 88.7 Å². The maximum absolute atomic E-state index is 13.1. The van der Waals surface area contributed by atoms with Gasteiger partial charge in [-0.2, -0.15) is 0 Å². The molecule has 0 amide bonds. The lowest BCUT2D eigenvalue weighted by atomic mass is 9.86. The van der Waals surface area contributed by atoms with Crippen LogP contribution in [0.4, 0.5) is 4.39 Å². The molecule has 82 valence electrons. The minimum atomic E-state index is -1.93. The highest BCUT2D eigenvalue weighted by molar-refractivity contribution is 5.74. The Bertz CT molecular complexity index is 349. The highest BCUT2D eigenvalue weighted by atomic mass is 19.1. The molecule has 3 heteroatoms. The largest absolute Gasteiger partial charge is 0.479 e. The van der Waals surface area contributed by atoms with Crippen molar-refractivity contribution in [2.75, 3.05) is 0 Å². The average molecular weight is 210 g/mol. The summed E-state index contributed by atoms with van der Waals surface area (Å²) in [6.07, 6.45) is -1.93. The van der Waals surface area contributed by atoms with E-state index >= 15 is 0 Å². The Morgan fingerprint density at radius 1 is 1.27 bits per heavy atom. The molecular formula is C12H15FO2. The maximum Gasteiger partial charge on any atom is 0.343 e. The summed E-state index contributed by atoms with van der Waals surface area (Å²) < 4.78 is 13.1. The number of carboxylic acid groups (broad SMARTS) is 1. The Morgan fingerprint density at radius 2 is 1.73 bits per heavy atom. The first-order chi connectivity index (χ1) is 6.82. The molecule has 1 aromatic rings. The number of alkyl halides is 1. The first kappa shape index (κ1) is 11.7. The summed E-state index contributed by atoms with van der Waals surface area (Å²) in [5, 5.41) is 8.49. The van der Waals surface area contributed by atoms with Crippen LogP contribution >= 0.6 is 0 Å². The van der Waals surface area contributed by atoms with Gasteiger partial charge >= 0.3 is 5.97 Å². The van der Waals surface area contributed by atoms with Gasteiger partial charge in [-0.15, -0.1) is 0 Å². The zero-order valence-electron chi connectivity index (χ0n) is 9.12. The Hall–Kier alpha value is -1.38. The molecule has 0 aliphatic heterocycles. The minimum Gasteiger partial charge on any atom is -0.479 e. The van der Waals surface area contributed by atoms with Gasteiger partial charge in [0, 0.05) is 0 Å².